The fourth-order valence-corrected chi connectivity index (χ4v) is 3.01. The molecule has 3 rings (SSSR count). The van der Waals surface area contributed by atoms with Crippen LogP contribution in [0.1, 0.15) is 24.8 Å². The molecule has 4 heteroatoms. The molecule has 1 saturated heterocycles. The topological polar surface area (TPSA) is 41.6 Å². The molecule has 2 aliphatic rings. The van der Waals surface area contributed by atoms with Crippen LogP contribution < -0.4 is 15.0 Å². The predicted molar refractivity (Wildman–Crippen MR) is 74.7 cm³/mol. The summed E-state index contributed by atoms with van der Waals surface area (Å²) < 4.78 is 5.26. The third-order valence-corrected chi connectivity index (χ3v) is 4.03. The predicted octanol–water partition coefficient (Wildman–Crippen LogP) is 1.73. The van der Waals surface area contributed by atoms with Crippen molar-refractivity contribution in [2.24, 2.45) is 0 Å². The van der Waals surface area contributed by atoms with Gasteiger partial charge in [-0.15, -0.1) is 0 Å². The smallest absolute Gasteiger partial charge is 0.244 e. The van der Waals surface area contributed by atoms with Gasteiger partial charge in [-0.3, -0.25) is 4.79 Å². The van der Waals surface area contributed by atoms with E-state index in [0.717, 1.165) is 50.2 Å². The van der Waals surface area contributed by atoms with Gasteiger partial charge in [-0.1, -0.05) is 0 Å². The molecule has 2 heterocycles. The lowest BCUT2D eigenvalue weighted by atomic mass is 10.0. The van der Waals surface area contributed by atoms with Gasteiger partial charge in [0.05, 0.1) is 13.2 Å². The number of aryl methyl sites for hydroxylation is 1. The molecule has 1 N–H and O–H groups in total. The van der Waals surface area contributed by atoms with Crippen LogP contribution >= 0.6 is 0 Å². The molecule has 0 radical (unpaired) electrons. The Balaban J connectivity index is 1.87. The second kappa shape index (κ2) is 5.21. The van der Waals surface area contributed by atoms with E-state index < -0.39 is 0 Å². The number of anilines is 1. The lowest BCUT2D eigenvalue weighted by Crippen LogP contribution is -2.45. The lowest BCUT2D eigenvalue weighted by molar-refractivity contribution is -0.120. The number of ether oxygens (including phenoxy) is 1. The first-order valence-electron chi connectivity index (χ1n) is 7.01. The molecule has 0 aromatic heterocycles. The fourth-order valence-electron chi connectivity index (χ4n) is 3.01. The molecule has 1 unspecified atom stereocenters. The van der Waals surface area contributed by atoms with E-state index in [1.54, 1.807) is 7.11 Å². The Hall–Kier alpha value is -1.55. The zero-order chi connectivity index (χ0) is 13.2. The van der Waals surface area contributed by atoms with Crippen LogP contribution in [0.15, 0.2) is 18.2 Å². The van der Waals surface area contributed by atoms with Crippen LogP contribution in [-0.2, 0) is 11.2 Å². The van der Waals surface area contributed by atoms with E-state index >= 15 is 0 Å². The van der Waals surface area contributed by atoms with Gasteiger partial charge >= 0.3 is 0 Å². The molecule has 2 aliphatic heterocycles. The average Bonchev–Trinajstić information content (AvgIpc) is 2.99. The quantitative estimate of drug-likeness (QED) is 0.880. The monoisotopic (exact) mass is 260 g/mol. The Morgan fingerprint density at radius 3 is 3.05 bits per heavy atom. The normalized spacial score (nSPS) is 22.2. The number of carbonyl (C=O) groups excluding carboxylic acids is 1. The maximum Gasteiger partial charge on any atom is 0.244 e. The number of hydrogen-bond acceptors (Lipinski definition) is 3. The maximum absolute atomic E-state index is 12.5. The van der Waals surface area contributed by atoms with Gasteiger partial charge in [0.15, 0.2) is 0 Å². The first-order chi connectivity index (χ1) is 9.29. The second-order valence-electron chi connectivity index (χ2n) is 5.24. The van der Waals surface area contributed by atoms with Crippen molar-refractivity contribution < 1.29 is 9.53 Å². The number of rotatable bonds is 2. The molecular weight excluding hydrogens is 240 g/mol. The van der Waals surface area contributed by atoms with Crippen molar-refractivity contribution in [3.05, 3.63) is 23.8 Å². The van der Waals surface area contributed by atoms with Gasteiger partial charge in [0, 0.05) is 12.2 Å². The minimum absolute atomic E-state index is 0.00746. The average molecular weight is 260 g/mol. The number of methoxy groups -OCH3 is 1. The van der Waals surface area contributed by atoms with Gasteiger partial charge in [0.1, 0.15) is 5.75 Å². The minimum atomic E-state index is 0.00746. The molecule has 102 valence electrons. The number of hydrogen-bond donors (Lipinski definition) is 1. The number of fused-ring (bicyclic) bond motifs is 1. The summed E-state index contributed by atoms with van der Waals surface area (Å²) in [5.41, 5.74) is 2.28. The van der Waals surface area contributed by atoms with Crippen LogP contribution in [0.5, 0.6) is 5.75 Å². The molecule has 0 saturated carbocycles. The molecule has 1 aromatic carbocycles. The van der Waals surface area contributed by atoms with E-state index in [1.807, 2.05) is 17.0 Å². The summed E-state index contributed by atoms with van der Waals surface area (Å²) >= 11 is 0. The molecule has 1 aromatic rings. The van der Waals surface area contributed by atoms with E-state index in [2.05, 4.69) is 11.4 Å². The van der Waals surface area contributed by atoms with E-state index in [0.29, 0.717) is 0 Å². The van der Waals surface area contributed by atoms with Gasteiger partial charge < -0.3 is 15.0 Å². The van der Waals surface area contributed by atoms with Gasteiger partial charge in [-0.05, 0) is 56.0 Å². The van der Waals surface area contributed by atoms with Crippen molar-refractivity contribution >= 4 is 11.6 Å². The Morgan fingerprint density at radius 1 is 1.42 bits per heavy atom. The van der Waals surface area contributed by atoms with Crippen LogP contribution in [0.3, 0.4) is 0 Å². The molecule has 19 heavy (non-hydrogen) atoms. The van der Waals surface area contributed by atoms with Crippen LogP contribution in [-0.4, -0.2) is 32.1 Å². The van der Waals surface area contributed by atoms with E-state index in [-0.39, 0.29) is 11.9 Å². The van der Waals surface area contributed by atoms with Crippen molar-refractivity contribution in [3.8, 4) is 5.75 Å². The number of benzene rings is 1. The second-order valence-corrected chi connectivity index (χ2v) is 5.24. The van der Waals surface area contributed by atoms with Gasteiger partial charge in [0.2, 0.25) is 5.91 Å². The van der Waals surface area contributed by atoms with Gasteiger partial charge in [-0.2, -0.15) is 0 Å². The SMILES string of the molecule is COc1ccc2c(c1)CCCN2C(=O)C1CCCN1. The van der Waals surface area contributed by atoms with E-state index in [9.17, 15) is 4.79 Å². The Bertz CT molecular complexity index is 481. The van der Waals surface area contributed by atoms with Crippen LogP contribution in [0.25, 0.3) is 0 Å². The summed E-state index contributed by atoms with van der Waals surface area (Å²) in [6, 6.07) is 6.01. The standard InChI is InChI=1S/C15H20N2O2/c1-19-12-6-7-14-11(10-12)4-3-9-17(14)15(18)13-5-2-8-16-13/h6-7,10,13,16H,2-5,8-9H2,1H3. The summed E-state index contributed by atoms with van der Waals surface area (Å²) in [6.45, 7) is 1.79. The Kier molecular flexibility index (Phi) is 3.42. The van der Waals surface area contributed by atoms with Crippen LogP contribution in [0.4, 0.5) is 5.69 Å². The van der Waals surface area contributed by atoms with E-state index in [1.165, 1.54) is 5.56 Å². The van der Waals surface area contributed by atoms with Gasteiger partial charge in [-0.25, -0.2) is 0 Å². The highest BCUT2D eigenvalue weighted by molar-refractivity contribution is 5.98. The van der Waals surface area contributed by atoms with Crippen molar-refractivity contribution in [1.29, 1.82) is 0 Å². The first-order valence-corrected chi connectivity index (χ1v) is 7.01. The zero-order valence-corrected chi connectivity index (χ0v) is 11.3. The summed E-state index contributed by atoms with van der Waals surface area (Å²) in [5, 5.41) is 3.29. The minimum Gasteiger partial charge on any atom is -0.497 e. The van der Waals surface area contributed by atoms with E-state index in [4.69, 9.17) is 4.74 Å². The Labute approximate surface area is 113 Å². The molecule has 0 spiro atoms. The fraction of sp³-hybridized carbons (Fsp3) is 0.533. The maximum atomic E-state index is 12.5. The number of nitrogens with zero attached hydrogens (tertiary/aromatic N) is 1. The highest BCUT2D eigenvalue weighted by atomic mass is 16.5. The Morgan fingerprint density at radius 2 is 2.32 bits per heavy atom. The van der Waals surface area contributed by atoms with Crippen molar-refractivity contribution in [1.82, 2.24) is 5.32 Å². The number of nitrogens with one attached hydrogen (secondary N) is 1. The summed E-state index contributed by atoms with van der Waals surface area (Å²) in [5.74, 6) is 1.09. The molecule has 0 aliphatic carbocycles. The van der Waals surface area contributed by atoms with Crippen molar-refractivity contribution in [2.45, 2.75) is 31.7 Å². The van der Waals surface area contributed by atoms with Gasteiger partial charge in [0.25, 0.3) is 0 Å². The highest BCUT2D eigenvalue weighted by Crippen LogP contribution is 2.31. The molecule has 1 atom stereocenters. The highest BCUT2D eigenvalue weighted by Gasteiger charge is 2.30. The third-order valence-electron chi connectivity index (χ3n) is 4.03. The van der Waals surface area contributed by atoms with Crippen LogP contribution in [0.2, 0.25) is 0 Å². The number of amides is 1. The molecule has 4 nitrogen and oxygen atoms in total. The summed E-state index contributed by atoms with van der Waals surface area (Å²) in [4.78, 5) is 14.5. The molecule has 1 fully saturated rings. The van der Waals surface area contributed by atoms with Crippen molar-refractivity contribution in [3.63, 3.8) is 0 Å². The largest absolute Gasteiger partial charge is 0.497 e. The zero-order valence-electron chi connectivity index (χ0n) is 11.3. The summed E-state index contributed by atoms with van der Waals surface area (Å²) in [6.07, 6.45) is 4.10. The number of carbonyl (C=O) groups is 1. The lowest BCUT2D eigenvalue weighted by Gasteiger charge is -2.31. The van der Waals surface area contributed by atoms with Crippen LogP contribution in [0, 0.1) is 0 Å². The summed E-state index contributed by atoms with van der Waals surface area (Å²) in [7, 11) is 1.68. The molecular formula is C15H20N2O2. The third kappa shape index (κ3) is 2.32. The molecule has 0 bridgehead atoms. The van der Waals surface area contributed by atoms with Crippen molar-refractivity contribution in [2.75, 3.05) is 25.1 Å². The first kappa shape index (κ1) is 12.5. The molecule has 1 amide bonds.